The predicted octanol–water partition coefficient (Wildman–Crippen LogP) is 1.03. The van der Waals surface area contributed by atoms with Gasteiger partial charge in [0.25, 0.3) is 5.91 Å². The summed E-state index contributed by atoms with van der Waals surface area (Å²) in [5, 5.41) is 19.7. The van der Waals surface area contributed by atoms with Crippen LogP contribution in [0.2, 0.25) is 0 Å². The number of carbonyl (C=O) groups is 2. The van der Waals surface area contributed by atoms with E-state index in [0.29, 0.717) is 43.2 Å². The number of benzene rings is 1. The molecule has 2 atom stereocenters. The average molecular weight is 315 g/mol. The van der Waals surface area contributed by atoms with Crippen molar-refractivity contribution < 1.29 is 14.7 Å². The van der Waals surface area contributed by atoms with Gasteiger partial charge in [0.05, 0.1) is 0 Å². The monoisotopic (exact) mass is 315 g/mol. The zero-order valence-corrected chi connectivity index (χ0v) is 12.5. The zero-order chi connectivity index (χ0) is 16.0. The molecule has 2 saturated heterocycles. The second-order valence-electron chi connectivity index (χ2n) is 6.27. The average Bonchev–Trinajstić information content (AvgIpc) is 3.19. The van der Waals surface area contributed by atoms with Crippen LogP contribution in [0.4, 0.5) is 4.79 Å². The molecule has 2 N–H and O–H groups in total. The lowest BCUT2D eigenvalue weighted by atomic mass is 9.88. The number of carbonyl (C=O) groups excluding carboxylic acids is 1. The fourth-order valence-corrected chi connectivity index (χ4v) is 3.67. The maximum absolute atomic E-state index is 12.7. The lowest BCUT2D eigenvalue weighted by molar-refractivity contribution is 0.0642. The Morgan fingerprint density at radius 3 is 2.65 bits per heavy atom. The Labute approximate surface area is 132 Å². The number of hydrogen-bond donors (Lipinski definition) is 2. The van der Waals surface area contributed by atoms with Crippen molar-refractivity contribution >= 4 is 23.0 Å². The minimum Gasteiger partial charge on any atom is -0.465 e. The maximum atomic E-state index is 12.7. The summed E-state index contributed by atoms with van der Waals surface area (Å²) in [5.41, 5.74) is 2.00. The molecule has 2 aromatic rings. The zero-order valence-electron chi connectivity index (χ0n) is 12.5. The number of rotatable bonds is 1. The molecule has 2 aliphatic rings. The van der Waals surface area contributed by atoms with Crippen molar-refractivity contribution in [3.05, 3.63) is 23.8 Å². The van der Waals surface area contributed by atoms with Gasteiger partial charge in [-0.2, -0.15) is 15.4 Å². The molecule has 2 aliphatic heterocycles. The van der Waals surface area contributed by atoms with Crippen LogP contribution in [0.5, 0.6) is 0 Å². The molecule has 0 saturated carbocycles. The summed E-state index contributed by atoms with van der Waals surface area (Å²) in [7, 11) is 0. The molecule has 0 radical (unpaired) electrons. The summed E-state index contributed by atoms with van der Waals surface area (Å²) in [6, 6.07) is 5.28. The summed E-state index contributed by atoms with van der Waals surface area (Å²) < 4.78 is 0. The molecule has 2 fully saturated rings. The maximum Gasteiger partial charge on any atom is 0.407 e. The third kappa shape index (κ3) is 2.39. The fraction of sp³-hybridized carbons (Fsp3) is 0.467. The number of nitrogens with zero attached hydrogens (tertiary/aromatic N) is 4. The summed E-state index contributed by atoms with van der Waals surface area (Å²) in [6.45, 7) is 2.40. The molecular formula is C15H17N5O3. The van der Waals surface area contributed by atoms with Gasteiger partial charge in [0, 0.05) is 31.7 Å². The number of hydrogen-bond acceptors (Lipinski definition) is 4. The third-order valence-electron chi connectivity index (χ3n) is 4.92. The van der Waals surface area contributed by atoms with Crippen LogP contribution in [0.3, 0.4) is 0 Å². The molecule has 4 rings (SSSR count). The highest BCUT2D eigenvalue weighted by molar-refractivity contribution is 5.97. The van der Waals surface area contributed by atoms with E-state index >= 15 is 0 Å². The standard InChI is InChI=1S/C15H17N5O3/c21-14(9-1-2-12-13(5-9)17-18-16-12)19-4-3-10-6-20(15(22)23)8-11(10)7-19/h1-2,5,10-11H,3-4,6-8H2,(H,22,23)(H,16,17,18)/t10-,11-/m0/s1. The van der Waals surface area contributed by atoms with Crippen LogP contribution in [-0.2, 0) is 0 Å². The normalized spacial score (nSPS) is 24.0. The first kappa shape index (κ1) is 14.0. The molecule has 120 valence electrons. The topological polar surface area (TPSA) is 102 Å². The molecule has 0 aliphatic carbocycles. The Bertz CT molecular complexity index is 773. The fourth-order valence-electron chi connectivity index (χ4n) is 3.67. The van der Waals surface area contributed by atoms with Crippen molar-refractivity contribution in [2.45, 2.75) is 6.42 Å². The van der Waals surface area contributed by atoms with Crippen molar-refractivity contribution in [3.63, 3.8) is 0 Å². The lowest BCUT2D eigenvalue weighted by Gasteiger charge is -2.34. The molecule has 0 unspecified atom stereocenters. The van der Waals surface area contributed by atoms with Crippen LogP contribution in [-0.4, -0.2) is 68.5 Å². The summed E-state index contributed by atoms with van der Waals surface area (Å²) >= 11 is 0. The first-order valence-corrected chi connectivity index (χ1v) is 7.69. The molecule has 2 amide bonds. The molecule has 1 aromatic heterocycles. The quantitative estimate of drug-likeness (QED) is 0.818. The van der Waals surface area contributed by atoms with E-state index in [1.54, 1.807) is 18.2 Å². The van der Waals surface area contributed by atoms with Crippen molar-refractivity contribution in [1.29, 1.82) is 0 Å². The van der Waals surface area contributed by atoms with E-state index < -0.39 is 6.09 Å². The van der Waals surface area contributed by atoms with Crippen LogP contribution in [0.25, 0.3) is 11.0 Å². The SMILES string of the molecule is O=C(O)N1C[C@@H]2CN(C(=O)c3ccc4n[nH]nc4c3)CC[C@H]2C1. The predicted molar refractivity (Wildman–Crippen MR) is 81.0 cm³/mol. The number of likely N-dealkylation sites (tertiary alicyclic amines) is 2. The van der Waals surface area contributed by atoms with Gasteiger partial charge in [0.2, 0.25) is 0 Å². The number of fused-ring (bicyclic) bond motifs is 2. The number of nitrogens with one attached hydrogen (secondary N) is 1. The third-order valence-corrected chi connectivity index (χ3v) is 4.92. The molecule has 23 heavy (non-hydrogen) atoms. The van der Waals surface area contributed by atoms with Gasteiger partial charge in [-0.15, -0.1) is 0 Å². The van der Waals surface area contributed by atoms with E-state index in [-0.39, 0.29) is 11.8 Å². The number of carboxylic acid groups (broad SMARTS) is 1. The second kappa shape index (κ2) is 5.22. The highest BCUT2D eigenvalue weighted by Crippen LogP contribution is 2.31. The summed E-state index contributed by atoms with van der Waals surface area (Å²) in [6.07, 6.45) is -0.0133. The Balaban J connectivity index is 1.50. The van der Waals surface area contributed by atoms with Gasteiger partial charge in [-0.05, 0) is 36.5 Å². The van der Waals surface area contributed by atoms with Crippen molar-refractivity contribution in [2.75, 3.05) is 26.2 Å². The van der Waals surface area contributed by atoms with E-state index in [4.69, 9.17) is 5.11 Å². The number of amides is 2. The Morgan fingerprint density at radius 1 is 1.09 bits per heavy atom. The van der Waals surface area contributed by atoms with Gasteiger partial charge in [-0.3, -0.25) is 4.79 Å². The Kier molecular flexibility index (Phi) is 3.17. The number of aromatic amines is 1. The molecular weight excluding hydrogens is 298 g/mol. The minimum absolute atomic E-state index is 0.0258. The van der Waals surface area contributed by atoms with Gasteiger partial charge in [0.1, 0.15) is 11.0 Å². The number of H-pyrrole nitrogens is 1. The molecule has 3 heterocycles. The molecule has 0 spiro atoms. The van der Waals surface area contributed by atoms with E-state index in [1.165, 1.54) is 4.90 Å². The summed E-state index contributed by atoms with van der Waals surface area (Å²) in [4.78, 5) is 27.1. The van der Waals surface area contributed by atoms with Gasteiger partial charge < -0.3 is 14.9 Å². The first-order valence-electron chi connectivity index (χ1n) is 7.69. The largest absolute Gasteiger partial charge is 0.465 e. The molecule has 8 heteroatoms. The van der Waals surface area contributed by atoms with E-state index in [1.807, 2.05) is 4.90 Å². The van der Waals surface area contributed by atoms with E-state index in [2.05, 4.69) is 15.4 Å². The highest BCUT2D eigenvalue weighted by Gasteiger charge is 2.40. The molecule has 8 nitrogen and oxygen atoms in total. The van der Waals surface area contributed by atoms with Gasteiger partial charge in [-0.1, -0.05) is 0 Å². The smallest absolute Gasteiger partial charge is 0.407 e. The molecule has 0 bridgehead atoms. The Hall–Kier alpha value is -2.64. The summed E-state index contributed by atoms with van der Waals surface area (Å²) in [5.74, 6) is 0.579. The lowest BCUT2D eigenvalue weighted by Crippen LogP contribution is -2.43. The van der Waals surface area contributed by atoms with Crippen LogP contribution in [0.15, 0.2) is 18.2 Å². The Morgan fingerprint density at radius 2 is 1.83 bits per heavy atom. The van der Waals surface area contributed by atoms with Gasteiger partial charge in [-0.25, -0.2) is 4.79 Å². The second-order valence-corrected chi connectivity index (χ2v) is 6.27. The van der Waals surface area contributed by atoms with E-state index in [9.17, 15) is 9.59 Å². The number of aromatic nitrogens is 3. The molecule has 1 aromatic carbocycles. The van der Waals surface area contributed by atoms with Crippen LogP contribution >= 0.6 is 0 Å². The van der Waals surface area contributed by atoms with Crippen molar-refractivity contribution in [2.24, 2.45) is 11.8 Å². The van der Waals surface area contributed by atoms with Crippen molar-refractivity contribution in [3.8, 4) is 0 Å². The number of piperidine rings is 1. The van der Waals surface area contributed by atoms with Crippen LogP contribution in [0.1, 0.15) is 16.8 Å². The minimum atomic E-state index is -0.867. The van der Waals surface area contributed by atoms with Crippen molar-refractivity contribution in [1.82, 2.24) is 25.2 Å². The van der Waals surface area contributed by atoms with E-state index in [0.717, 1.165) is 11.9 Å². The van der Waals surface area contributed by atoms with Gasteiger partial charge in [0.15, 0.2) is 0 Å². The van der Waals surface area contributed by atoms with Gasteiger partial charge >= 0.3 is 6.09 Å². The highest BCUT2D eigenvalue weighted by atomic mass is 16.4. The first-order chi connectivity index (χ1) is 11.1. The van der Waals surface area contributed by atoms with Crippen LogP contribution < -0.4 is 0 Å². The van der Waals surface area contributed by atoms with Crippen LogP contribution in [0, 0.1) is 11.8 Å².